The highest BCUT2D eigenvalue weighted by Crippen LogP contribution is 2.45. The highest BCUT2D eigenvalue weighted by Gasteiger charge is 2.62. The van der Waals surface area contributed by atoms with E-state index in [1.165, 1.54) is 11.0 Å². The van der Waals surface area contributed by atoms with Gasteiger partial charge in [-0.3, -0.25) is 19.1 Å². The van der Waals surface area contributed by atoms with Crippen LogP contribution in [0.2, 0.25) is 0 Å². The maximum Gasteiger partial charge on any atom is 0.408 e. The van der Waals surface area contributed by atoms with Crippen LogP contribution in [0.1, 0.15) is 60.3 Å². The zero-order chi connectivity index (χ0) is 35.9. The van der Waals surface area contributed by atoms with Gasteiger partial charge in [0.2, 0.25) is 27.7 Å². The number of likely N-dealkylation sites (tertiary alicyclic amines) is 1. The number of carbonyl (C=O) groups is 4. The minimum atomic E-state index is -3.89. The summed E-state index contributed by atoms with van der Waals surface area (Å²) in [5, 5.41) is 6.28. The van der Waals surface area contributed by atoms with Gasteiger partial charge >= 0.3 is 6.09 Å². The number of fused-ring (bicyclic) bond motifs is 1. The summed E-state index contributed by atoms with van der Waals surface area (Å²) >= 11 is 0. The topological polar surface area (TPSA) is 182 Å². The van der Waals surface area contributed by atoms with Crippen molar-refractivity contribution in [3.8, 4) is 11.6 Å². The molecule has 1 saturated heterocycles. The number of hydrogen-bond donors (Lipinski definition) is 3. The molecule has 2 saturated carbocycles. The van der Waals surface area contributed by atoms with E-state index in [1.54, 1.807) is 66.1 Å². The quantitative estimate of drug-likeness (QED) is 0.279. The van der Waals surface area contributed by atoms with E-state index in [9.17, 15) is 27.6 Å². The van der Waals surface area contributed by atoms with Gasteiger partial charge in [0.1, 0.15) is 35.1 Å². The van der Waals surface area contributed by atoms with Gasteiger partial charge in [-0.25, -0.2) is 18.2 Å². The molecule has 2 heterocycles. The Morgan fingerprint density at radius 2 is 1.86 bits per heavy atom. The fourth-order valence-electron chi connectivity index (χ4n) is 6.03. The third-order valence-electron chi connectivity index (χ3n) is 8.92. The van der Waals surface area contributed by atoms with Crippen LogP contribution in [-0.2, 0) is 29.1 Å². The number of aromatic nitrogens is 1. The van der Waals surface area contributed by atoms with Gasteiger partial charge in [-0.05, 0) is 75.6 Å². The summed E-state index contributed by atoms with van der Waals surface area (Å²) in [5.74, 6) is -2.03. The van der Waals surface area contributed by atoms with Gasteiger partial charge in [0.05, 0.1) is 18.9 Å². The van der Waals surface area contributed by atoms with E-state index in [-0.39, 0.29) is 19.4 Å². The van der Waals surface area contributed by atoms with Gasteiger partial charge in [-0.15, -0.1) is 6.58 Å². The second-order valence-electron chi connectivity index (χ2n) is 14.2. The van der Waals surface area contributed by atoms with Crippen LogP contribution in [0, 0.1) is 11.8 Å². The summed E-state index contributed by atoms with van der Waals surface area (Å²) in [4.78, 5) is 60.2. The van der Waals surface area contributed by atoms with Crippen molar-refractivity contribution in [2.45, 2.75) is 94.9 Å². The molecular formula is C34H45N5O9S. The lowest BCUT2D eigenvalue weighted by Gasteiger charge is -2.31. The van der Waals surface area contributed by atoms with Crippen LogP contribution in [0.15, 0.2) is 43.1 Å². The van der Waals surface area contributed by atoms with Crippen LogP contribution >= 0.6 is 0 Å². The first-order chi connectivity index (χ1) is 23.0. The smallest absolute Gasteiger partial charge is 0.408 e. The summed E-state index contributed by atoms with van der Waals surface area (Å²) in [6, 6.07) is 5.02. The summed E-state index contributed by atoms with van der Waals surface area (Å²) in [5.41, 5.74) is -2.36. The third-order valence-corrected chi connectivity index (χ3v) is 10.7. The minimum absolute atomic E-state index is 0.0277. The van der Waals surface area contributed by atoms with E-state index < -0.39 is 80.3 Å². The summed E-state index contributed by atoms with van der Waals surface area (Å²) < 4.78 is 44.4. The molecule has 0 bridgehead atoms. The molecule has 3 aliphatic rings. The molecule has 0 spiro atoms. The highest BCUT2D eigenvalue weighted by atomic mass is 32.2. The molecule has 4 amide bonds. The Bertz CT molecular complexity index is 1750. The lowest BCUT2D eigenvalue weighted by atomic mass is 10.0. The van der Waals surface area contributed by atoms with Crippen LogP contribution in [0.3, 0.4) is 0 Å². The van der Waals surface area contributed by atoms with Crippen molar-refractivity contribution in [2.75, 3.05) is 13.7 Å². The Morgan fingerprint density at radius 1 is 1.14 bits per heavy atom. The monoisotopic (exact) mass is 699 g/mol. The molecule has 49 heavy (non-hydrogen) atoms. The van der Waals surface area contributed by atoms with Crippen LogP contribution in [0.25, 0.3) is 10.8 Å². The Morgan fingerprint density at radius 3 is 2.45 bits per heavy atom. The van der Waals surface area contributed by atoms with Gasteiger partial charge in [0.25, 0.3) is 5.91 Å². The van der Waals surface area contributed by atoms with Gasteiger partial charge in [-0.1, -0.05) is 19.9 Å². The number of methoxy groups -OCH3 is 1. The summed E-state index contributed by atoms with van der Waals surface area (Å²) in [6.07, 6.45) is 2.67. The molecule has 15 heteroatoms. The van der Waals surface area contributed by atoms with E-state index in [0.717, 1.165) is 5.39 Å². The first-order valence-electron chi connectivity index (χ1n) is 16.4. The van der Waals surface area contributed by atoms with Gasteiger partial charge in [0, 0.05) is 23.9 Å². The Hall–Kier alpha value is -4.40. The molecule has 0 radical (unpaired) electrons. The number of rotatable bonds is 12. The first-order valence-corrected chi connectivity index (χ1v) is 17.9. The number of benzene rings is 1. The number of hydrogen-bond acceptors (Lipinski definition) is 10. The number of amides is 4. The van der Waals surface area contributed by atoms with Crippen molar-refractivity contribution in [2.24, 2.45) is 11.8 Å². The molecule has 3 fully saturated rings. The first kappa shape index (κ1) is 35.9. The van der Waals surface area contributed by atoms with Crippen molar-refractivity contribution in [3.05, 3.63) is 43.1 Å². The van der Waals surface area contributed by atoms with Gasteiger partial charge < -0.3 is 29.7 Å². The van der Waals surface area contributed by atoms with Crippen molar-refractivity contribution in [1.82, 2.24) is 25.2 Å². The van der Waals surface area contributed by atoms with Gasteiger partial charge in [0.15, 0.2) is 0 Å². The zero-order valence-corrected chi connectivity index (χ0v) is 29.5. The number of pyridine rings is 1. The molecular weight excluding hydrogens is 654 g/mol. The second-order valence-corrected chi connectivity index (χ2v) is 16.2. The number of sulfonamides is 1. The molecule has 1 aromatic heterocycles. The highest BCUT2D eigenvalue weighted by molar-refractivity contribution is 7.91. The SMILES string of the molecule is C=C[C@H]1C[C@@]1(NC(=O)[C@@H]1C[C@@H](Oc2nccc3cc(OC)ccc23)CN1C(=O)[C@@H](NC(=O)OC(C)(C)C)C(C)C)C(=O)NS(=O)(=O)C1CC1. The molecule has 3 N–H and O–H groups in total. The Balaban J connectivity index is 1.42. The average molecular weight is 700 g/mol. The zero-order valence-electron chi connectivity index (χ0n) is 28.6. The van der Waals surface area contributed by atoms with Crippen LogP contribution in [0.5, 0.6) is 11.6 Å². The number of ether oxygens (including phenoxy) is 3. The van der Waals surface area contributed by atoms with E-state index >= 15 is 0 Å². The molecule has 5 atom stereocenters. The average Bonchev–Trinajstić information content (AvgIpc) is 3.95. The Kier molecular flexibility index (Phi) is 9.88. The predicted octanol–water partition coefficient (Wildman–Crippen LogP) is 2.81. The number of alkyl carbamates (subject to hydrolysis) is 1. The van der Waals surface area contributed by atoms with E-state index in [0.29, 0.717) is 29.9 Å². The standard InChI is InChI=1S/C34H45N5O9S/c1-8-21-17-34(21,31(42)38-49(44,45)24-10-11-24)37-28(40)26-16-23(47-29-25-12-9-22(46-7)15-20(25)13-14-35-29)18-39(26)30(41)27(19(2)3)36-32(43)48-33(4,5)6/h8-9,12-15,19,21,23-24,26-27H,1,10-11,16-18H2,2-7H3,(H,36,43)(H,37,40)(H,38,42)/t21-,23+,26-,27-,34-/m0/s1. The number of carbonyl (C=O) groups excluding carboxylic acids is 4. The fraction of sp³-hybridized carbons (Fsp3) is 0.559. The molecule has 1 aliphatic heterocycles. The second kappa shape index (κ2) is 13.5. The summed E-state index contributed by atoms with van der Waals surface area (Å²) in [7, 11) is -2.32. The van der Waals surface area contributed by atoms with E-state index in [4.69, 9.17) is 14.2 Å². The number of nitrogens with zero attached hydrogens (tertiary/aromatic N) is 2. The largest absolute Gasteiger partial charge is 0.497 e. The van der Waals surface area contributed by atoms with Crippen molar-refractivity contribution < 1.29 is 41.8 Å². The molecule has 2 aromatic rings. The molecule has 14 nitrogen and oxygen atoms in total. The maximum atomic E-state index is 14.2. The van der Waals surface area contributed by atoms with E-state index in [2.05, 4.69) is 26.9 Å². The molecule has 2 aliphatic carbocycles. The number of nitrogens with one attached hydrogen (secondary N) is 3. The fourth-order valence-corrected chi connectivity index (χ4v) is 7.39. The van der Waals surface area contributed by atoms with Crippen molar-refractivity contribution >= 4 is 44.6 Å². The molecule has 0 unspecified atom stereocenters. The van der Waals surface area contributed by atoms with Crippen molar-refractivity contribution in [1.29, 1.82) is 0 Å². The minimum Gasteiger partial charge on any atom is -0.497 e. The van der Waals surface area contributed by atoms with Gasteiger partial charge in [-0.2, -0.15) is 0 Å². The summed E-state index contributed by atoms with van der Waals surface area (Å²) in [6.45, 7) is 12.3. The third kappa shape index (κ3) is 7.92. The van der Waals surface area contributed by atoms with E-state index in [1.807, 2.05) is 6.07 Å². The van der Waals surface area contributed by atoms with Crippen molar-refractivity contribution in [3.63, 3.8) is 0 Å². The lowest BCUT2D eigenvalue weighted by molar-refractivity contribution is -0.141. The molecule has 5 rings (SSSR count). The molecule has 1 aromatic carbocycles. The molecule has 266 valence electrons. The predicted molar refractivity (Wildman–Crippen MR) is 180 cm³/mol. The Labute approximate surface area is 286 Å². The van der Waals surface area contributed by atoms with Crippen LogP contribution < -0.4 is 24.8 Å². The normalized spacial score (nSPS) is 24.1. The maximum absolute atomic E-state index is 14.2. The van der Waals surface area contributed by atoms with Crippen LogP contribution in [0.4, 0.5) is 4.79 Å². The van der Waals surface area contributed by atoms with Crippen LogP contribution in [-0.4, -0.2) is 90.3 Å². The lowest BCUT2D eigenvalue weighted by Crippen LogP contribution is -2.59.